The van der Waals surface area contributed by atoms with Crippen molar-refractivity contribution in [2.24, 2.45) is 0 Å². The Balaban J connectivity index is 1.32. The fraction of sp³-hybridized carbons (Fsp3) is 0.824. The van der Waals surface area contributed by atoms with E-state index < -0.39 is 6.10 Å². The molecule has 1 aromatic rings. The third-order valence-electron chi connectivity index (χ3n) is 5.22. The van der Waals surface area contributed by atoms with Gasteiger partial charge in [-0.05, 0) is 32.2 Å². The molecule has 9 heteroatoms. The van der Waals surface area contributed by atoms with Gasteiger partial charge in [-0.1, -0.05) is 5.16 Å². The third-order valence-corrected chi connectivity index (χ3v) is 5.22. The average molecular weight is 365 g/mol. The van der Waals surface area contributed by atoms with Gasteiger partial charge in [-0.2, -0.15) is 4.98 Å². The first-order chi connectivity index (χ1) is 12.7. The van der Waals surface area contributed by atoms with Crippen LogP contribution in [-0.2, 0) is 4.74 Å². The second-order valence-electron chi connectivity index (χ2n) is 7.42. The molecule has 0 spiro atoms. The normalized spacial score (nSPS) is 26.1. The SMILES string of the molecule is O=C(NC1CC1)c1noc(C2CCCN2CC(O)CN2CCOCC2)n1. The lowest BCUT2D eigenvalue weighted by atomic mass is 10.2. The Hall–Kier alpha value is -1.55. The fourth-order valence-electron chi connectivity index (χ4n) is 3.67. The number of hydrogen-bond donors (Lipinski definition) is 2. The zero-order valence-corrected chi connectivity index (χ0v) is 15.0. The van der Waals surface area contributed by atoms with E-state index in [2.05, 4.69) is 25.3 Å². The van der Waals surface area contributed by atoms with Crippen molar-refractivity contribution >= 4 is 5.91 Å². The number of rotatable bonds is 7. The van der Waals surface area contributed by atoms with Gasteiger partial charge in [-0.25, -0.2) is 0 Å². The van der Waals surface area contributed by atoms with Crippen molar-refractivity contribution in [1.82, 2.24) is 25.3 Å². The number of carbonyl (C=O) groups excluding carboxylic acids is 1. The van der Waals surface area contributed by atoms with E-state index in [1.807, 2.05) is 0 Å². The van der Waals surface area contributed by atoms with Crippen LogP contribution in [0.25, 0.3) is 0 Å². The van der Waals surface area contributed by atoms with Crippen molar-refractivity contribution in [1.29, 1.82) is 0 Å². The van der Waals surface area contributed by atoms with Crippen LogP contribution in [0.1, 0.15) is 48.2 Å². The lowest BCUT2D eigenvalue weighted by Gasteiger charge is -2.31. The number of β-amino-alcohol motifs (C(OH)–C–C–N with tert-alkyl or cyclic N) is 1. The summed E-state index contributed by atoms with van der Waals surface area (Å²) in [5, 5.41) is 17.2. The van der Waals surface area contributed by atoms with Crippen molar-refractivity contribution in [2.75, 3.05) is 45.9 Å². The van der Waals surface area contributed by atoms with Crippen LogP contribution in [-0.4, -0.2) is 89.0 Å². The second-order valence-corrected chi connectivity index (χ2v) is 7.42. The Morgan fingerprint density at radius 3 is 2.81 bits per heavy atom. The maximum absolute atomic E-state index is 12.0. The number of nitrogens with one attached hydrogen (secondary N) is 1. The number of aliphatic hydroxyl groups excluding tert-OH is 1. The standard InChI is InChI=1S/C17H27N5O4/c23-13(10-21-6-8-25-9-7-21)11-22-5-1-2-14(22)17-19-15(20-26-17)16(24)18-12-3-4-12/h12-14,23H,1-11H2,(H,18,24). The maximum atomic E-state index is 12.0. The summed E-state index contributed by atoms with van der Waals surface area (Å²) in [6.07, 6.45) is 3.52. The topological polar surface area (TPSA) is 104 Å². The largest absolute Gasteiger partial charge is 0.390 e. The molecule has 1 aliphatic carbocycles. The van der Waals surface area contributed by atoms with Gasteiger partial charge >= 0.3 is 0 Å². The van der Waals surface area contributed by atoms with Crippen LogP contribution >= 0.6 is 0 Å². The molecular weight excluding hydrogens is 338 g/mol. The van der Waals surface area contributed by atoms with Crippen LogP contribution < -0.4 is 5.32 Å². The summed E-state index contributed by atoms with van der Waals surface area (Å²) in [7, 11) is 0. The Labute approximate surface area is 152 Å². The Bertz CT molecular complexity index is 614. The Morgan fingerprint density at radius 2 is 2.04 bits per heavy atom. The van der Waals surface area contributed by atoms with Crippen molar-refractivity contribution in [3.05, 3.63) is 11.7 Å². The molecule has 0 radical (unpaired) electrons. The smallest absolute Gasteiger partial charge is 0.292 e. The van der Waals surface area contributed by atoms with Crippen LogP contribution in [0.4, 0.5) is 0 Å². The van der Waals surface area contributed by atoms with Crippen LogP contribution in [0.2, 0.25) is 0 Å². The molecule has 1 saturated carbocycles. The zero-order valence-electron chi connectivity index (χ0n) is 15.0. The molecule has 1 aromatic heterocycles. The number of ether oxygens (including phenoxy) is 1. The highest BCUT2D eigenvalue weighted by Gasteiger charge is 2.33. The summed E-state index contributed by atoms with van der Waals surface area (Å²) in [5.74, 6) is 0.314. The van der Waals surface area contributed by atoms with Crippen molar-refractivity contribution in [2.45, 2.75) is 43.9 Å². The number of hydrogen-bond acceptors (Lipinski definition) is 8. The Morgan fingerprint density at radius 1 is 1.23 bits per heavy atom. The number of carbonyl (C=O) groups is 1. The summed E-state index contributed by atoms with van der Waals surface area (Å²) in [6, 6.07) is 0.243. The van der Waals surface area contributed by atoms with E-state index in [0.29, 0.717) is 19.0 Å². The quantitative estimate of drug-likeness (QED) is 0.684. The molecule has 2 N–H and O–H groups in total. The minimum Gasteiger partial charge on any atom is -0.390 e. The summed E-state index contributed by atoms with van der Waals surface area (Å²) in [5.41, 5.74) is 0. The molecule has 2 unspecified atom stereocenters. The highest BCUT2D eigenvalue weighted by molar-refractivity contribution is 5.90. The van der Waals surface area contributed by atoms with Gasteiger partial charge in [0.25, 0.3) is 11.7 Å². The van der Waals surface area contributed by atoms with E-state index >= 15 is 0 Å². The van der Waals surface area contributed by atoms with E-state index in [1.54, 1.807) is 0 Å². The molecule has 2 saturated heterocycles. The summed E-state index contributed by atoms with van der Waals surface area (Å²) in [4.78, 5) is 20.8. The highest BCUT2D eigenvalue weighted by atomic mass is 16.5. The van der Waals surface area contributed by atoms with Crippen LogP contribution in [0, 0.1) is 0 Å². The first kappa shape index (κ1) is 17.8. The van der Waals surface area contributed by atoms with Crippen molar-refractivity contribution < 1.29 is 19.2 Å². The van der Waals surface area contributed by atoms with Gasteiger partial charge in [-0.3, -0.25) is 14.6 Å². The van der Waals surface area contributed by atoms with E-state index in [4.69, 9.17) is 9.26 Å². The number of morpholine rings is 1. The number of amides is 1. The van der Waals surface area contributed by atoms with E-state index in [9.17, 15) is 9.90 Å². The summed E-state index contributed by atoms with van der Waals surface area (Å²) < 4.78 is 10.7. The van der Waals surface area contributed by atoms with E-state index in [1.165, 1.54) is 0 Å². The fourth-order valence-corrected chi connectivity index (χ4v) is 3.67. The molecular formula is C17H27N5O4. The van der Waals surface area contributed by atoms with Crippen molar-refractivity contribution in [3.8, 4) is 0 Å². The minimum atomic E-state index is -0.436. The van der Waals surface area contributed by atoms with Gasteiger partial charge in [0.1, 0.15) is 0 Å². The van der Waals surface area contributed by atoms with Gasteiger partial charge in [0.2, 0.25) is 5.89 Å². The molecule has 4 rings (SSSR count). The van der Waals surface area contributed by atoms with Crippen LogP contribution in [0.3, 0.4) is 0 Å². The number of likely N-dealkylation sites (tertiary alicyclic amines) is 1. The van der Waals surface area contributed by atoms with Gasteiger partial charge < -0.3 is 19.7 Å². The van der Waals surface area contributed by atoms with Gasteiger partial charge in [0.15, 0.2) is 0 Å². The van der Waals surface area contributed by atoms with Crippen LogP contribution in [0.5, 0.6) is 0 Å². The minimum absolute atomic E-state index is 0.0238. The molecule has 26 heavy (non-hydrogen) atoms. The van der Waals surface area contributed by atoms with E-state index in [-0.39, 0.29) is 23.8 Å². The van der Waals surface area contributed by atoms with Gasteiger partial charge in [-0.15, -0.1) is 0 Å². The Kier molecular flexibility index (Phi) is 5.49. The lowest BCUT2D eigenvalue weighted by molar-refractivity contribution is 0.00488. The molecule has 9 nitrogen and oxygen atoms in total. The monoisotopic (exact) mass is 365 g/mol. The predicted octanol–water partition coefficient (Wildman–Crippen LogP) is -0.208. The van der Waals surface area contributed by atoms with Crippen molar-refractivity contribution in [3.63, 3.8) is 0 Å². The number of aliphatic hydroxyl groups is 1. The molecule has 2 atom stereocenters. The molecule has 1 amide bonds. The molecule has 3 fully saturated rings. The average Bonchev–Trinajstić information content (AvgIpc) is 3.12. The highest BCUT2D eigenvalue weighted by Crippen LogP contribution is 2.31. The summed E-state index contributed by atoms with van der Waals surface area (Å²) >= 11 is 0. The molecule has 2 aliphatic heterocycles. The van der Waals surface area contributed by atoms with Crippen LogP contribution in [0.15, 0.2) is 4.52 Å². The first-order valence-electron chi connectivity index (χ1n) is 9.56. The summed E-state index contributed by atoms with van der Waals surface area (Å²) in [6.45, 7) is 5.28. The number of nitrogens with zero attached hydrogens (tertiary/aromatic N) is 4. The second kappa shape index (κ2) is 7.99. The first-order valence-corrected chi connectivity index (χ1v) is 9.56. The molecule has 0 bridgehead atoms. The molecule has 144 valence electrons. The lowest BCUT2D eigenvalue weighted by Crippen LogP contribution is -2.44. The third kappa shape index (κ3) is 4.40. The molecule has 3 heterocycles. The van der Waals surface area contributed by atoms with Gasteiger partial charge in [0, 0.05) is 32.2 Å². The maximum Gasteiger partial charge on any atom is 0.292 e. The van der Waals surface area contributed by atoms with E-state index in [0.717, 1.165) is 58.5 Å². The zero-order chi connectivity index (χ0) is 17.9. The predicted molar refractivity (Wildman–Crippen MR) is 91.6 cm³/mol. The molecule has 0 aromatic carbocycles. The molecule has 3 aliphatic rings. The number of aromatic nitrogens is 2. The van der Waals surface area contributed by atoms with Gasteiger partial charge in [0.05, 0.1) is 25.4 Å².